The van der Waals surface area contributed by atoms with Gasteiger partial charge in [0.25, 0.3) is 0 Å². The molecule has 3 rings (SSSR count). The van der Waals surface area contributed by atoms with E-state index in [9.17, 15) is 9.18 Å². The number of amides is 1. The van der Waals surface area contributed by atoms with Gasteiger partial charge in [-0.1, -0.05) is 12.1 Å². The molecule has 1 aromatic heterocycles. The minimum atomic E-state index is -0.294. The number of rotatable bonds is 6. The van der Waals surface area contributed by atoms with E-state index in [4.69, 9.17) is 4.74 Å². The Balaban J connectivity index is 1.59. The zero-order chi connectivity index (χ0) is 17.6. The first-order valence-electron chi connectivity index (χ1n) is 7.59. The Hall–Kier alpha value is -3.29. The van der Waals surface area contributed by atoms with Crippen molar-refractivity contribution < 1.29 is 13.9 Å². The van der Waals surface area contributed by atoms with E-state index in [1.54, 1.807) is 24.3 Å². The molecule has 7 nitrogen and oxygen atoms in total. The van der Waals surface area contributed by atoms with Crippen molar-refractivity contribution in [1.29, 1.82) is 0 Å². The van der Waals surface area contributed by atoms with Gasteiger partial charge in [-0.2, -0.15) is 0 Å². The van der Waals surface area contributed by atoms with Gasteiger partial charge in [0, 0.05) is 5.69 Å². The molecule has 0 unspecified atom stereocenters. The van der Waals surface area contributed by atoms with E-state index in [0.29, 0.717) is 11.4 Å². The number of hydrogen-bond acceptors (Lipinski definition) is 5. The van der Waals surface area contributed by atoms with Crippen LogP contribution in [0.4, 0.5) is 10.1 Å². The van der Waals surface area contributed by atoms with E-state index in [2.05, 4.69) is 20.8 Å². The number of halogens is 1. The largest absolute Gasteiger partial charge is 0.489 e. The molecule has 128 valence electrons. The first-order chi connectivity index (χ1) is 12.1. The van der Waals surface area contributed by atoms with Gasteiger partial charge in [-0.05, 0) is 58.8 Å². The van der Waals surface area contributed by atoms with Crippen molar-refractivity contribution in [3.8, 4) is 5.75 Å². The van der Waals surface area contributed by atoms with E-state index in [-0.39, 0.29) is 24.9 Å². The summed E-state index contributed by atoms with van der Waals surface area (Å²) in [5.74, 6) is 0.113. The van der Waals surface area contributed by atoms with Crippen LogP contribution >= 0.6 is 0 Å². The molecule has 0 atom stereocenters. The molecule has 8 heteroatoms. The maximum atomic E-state index is 13.2. The summed E-state index contributed by atoms with van der Waals surface area (Å²) >= 11 is 0. The third-order valence-corrected chi connectivity index (χ3v) is 3.46. The van der Waals surface area contributed by atoms with Crippen LogP contribution in [0, 0.1) is 12.7 Å². The van der Waals surface area contributed by atoms with Crippen LogP contribution in [-0.2, 0) is 17.9 Å². The van der Waals surface area contributed by atoms with Crippen molar-refractivity contribution in [2.75, 3.05) is 5.32 Å². The minimum Gasteiger partial charge on any atom is -0.489 e. The topological polar surface area (TPSA) is 81.9 Å². The van der Waals surface area contributed by atoms with Gasteiger partial charge in [0.1, 0.15) is 31.0 Å². The lowest BCUT2D eigenvalue weighted by Gasteiger charge is -2.11. The molecule has 2 aromatic carbocycles. The monoisotopic (exact) mass is 341 g/mol. The van der Waals surface area contributed by atoms with E-state index < -0.39 is 0 Å². The van der Waals surface area contributed by atoms with Gasteiger partial charge in [0.05, 0.1) is 0 Å². The fourth-order valence-corrected chi connectivity index (χ4v) is 2.25. The molecule has 0 saturated heterocycles. The number of benzene rings is 2. The smallest absolute Gasteiger partial charge is 0.246 e. The average Bonchev–Trinajstić information content (AvgIpc) is 3.08. The molecule has 0 bridgehead atoms. The normalized spacial score (nSPS) is 10.5. The van der Waals surface area contributed by atoms with E-state index in [1.807, 2.05) is 13.0 Å². The van der Waals surface area contributed by atoms with Gasteiger partial charge in [0.15, 0.2) is 0 Å². The maximum Gasteiger partial charge on any atom is 0.246 e. The molecule has 0 radical (unpaired) electrons. The molecular weight excluding hydrogens is 325 g/mol. The molecule has 0 saturated carbocycles. The second kappa shape index (κ2) is 7.52. The van der Waals surface area contributed by atoms with Crippen LogP contribution in [0.3, 0.4) is 0 Å². The molecule has 0 fully saturated rings. The number of aryl methyl sites for hydroxylation is 1. The molecule has 0 spiro atoms. The Morgan fingerprint density at radius 2 is 2.16 bits per heavy atom. The van der Waals surface area contributed by atoms with E-state index in [0.717, 1.165) is 11.1 Å². The number of nitrogens with one attached hydrogen (secondary N) is 1. The lowest BCUT2D eigenvalue weighted by molar-refractivity contribution is -0.116. The molecule has 0 aliphatic carbocycles. The van der Waals surface area contributed by atoms with Gasteiger partial charge in [-0.25, -0.2) is 9.07 Å². The van der Waals surface area contributed by atoms with Gasteiger partial charge in [0.2, 0.25) is 5.91 Å². The first-order valence-corrected chi connectivity index (χ1v) is 7.59. The predicted octanol–water partition coefficient (Wildman–Crippen LogP) is 2.34. The maximum absolute atomic E-state index is 13.2. The second-order valence-corrected chi connectivity index (χ2v) is 5.45. The Morgan fingerprint density at radius 3 is 2.88 bits per heavy atom. The van der Waals surface area contributed by atoms with Crippen LogP contribution in [0.15, 0.2) is 48.8 Å². The lowest BCUT2D eigenvalue weighted by Crippen LogP contribution is -2.19. The van der Waals surface area contributed by atoms with Crippen LogP contribution in [0.1, 0.15) is 11.1 Å². The van der Waals surface area contributed by atoms with Crippen molar-refractivity contribution in [3.63, 3.8) is 0 Å². The van der Waals surface area contributed by atoms with Gasteiger partial charge >= 0.3 is 0 Å². The van der Waals surface area contributed by atoms with E-state index >= 15 is 0 Å². The molecule has 1 amide bonds. The highest BCUT2D eigenvalue weighted by Gasteiger charge is 2.08. The quantitative estimate of drug-likeness (QED) is 0.744. The fourth-order valence-electron chi connectivity index (χ4n) is 2.25. The molecule has 3 aromatic rings. The molecule has 1 N–H and O–H groups in total. The number of tetrazole rings is 1. The summed E-state index contributed by atoms with van der Waals surface area (Å²) in [7, 11) is 0. The summed E-state index contributed by atoms with van der Waals surface area (Å²) in [4.78, 5) is 12.0. The molecule has 25 heavy (non-hydrogen) atoms. The third-order valence-electron chi connectivity index (χ3n) is 3.46. The van der Waals surface area contributed by atoms with Crippen molar-refractivity contribution in [2.45, 2.75) is 20.1 Å². The van der Waals surface area contributed by atoms with Crippen LogP contribution in [-0.4, -0.2) is 26.1 Å². The van der Waals surface area contributed by atoms with Crippen molar-refractivity contribution in [3.05, 3.63) is 65.7 Å². The van der Waals surface area contributed by atoms with E-state index in [1.165, 1.54) is 23.1 Å². The predicted molar refractivity (Wildman–Crippen MR) is 88.4 cm³/mol. The number of carbonyl (C=O) groups is 1. The molecule has 0 aliphatic heterocycles. The summed E-state index contributed by atoms with van der Waals surface area (Å²) in [6, 6.07) is 11.6. The number of hydrogen-bond donors (Lipinski definition) is 1. The Kier molecular flexibility index (Phi) is 4.98. The lowest BCUT2D eigenvalue weighted by atomic mass is 10.2. The van der Waals surface area contributed by atoms with Crippen LogP contribution in [0.2, 0.25) is 0 Å². The highest BCUT2D eigenvalue weighted by Crippen LogP contribution is 2.22. The Labute approximate surface area is 143 Å². The van der Waals surface area contributed by atoms with Crippen molar-refractivity contribution >= 4 is 11.6 Å². The molecular formula is C17H16FN5O2. The summed E-state index contributed by atoms with van der Waals surface area (Å²) in [6.45, 7) is 2.16. The fraction of sp³-hybridized carbons (Fsp3) is 0.176. The SMILES string of the molecule is Cc1cc(OCc2cccc(F)c2)ccc1NC(=O)Cn1cnnn1. The third kappa shape index (κ3) is 4.60. The summed E-state index contributed by atoms with van der Waals surface area (Å²) in [6.07, 6.45) is 1.37. The number of aromatic nitrogens is 4. The first kappa shape index (κ1) is 16.6. The highest BCUT2D eigenvalue weighted by molar-refractivity contribution is 5.91. The van der Waals surface area contributed by atoms with Crippen molar-refractivity contribution in [2.24, 2.45) is 0 Å². The Morgan fingerprint density at radius 1 is 1.28 bits per heavy atom. The number of carbonyl (C=O) groups excluding carboxylic acids is 1. The van der Waals surface area contributed by atoms with Crippen LogP contribution in [0.5, 0.6) is 5.75 Å². The summed E-state index contributed by atoms with van der Waals surface area (Å²) in [5, 5.41) is 13.4. The average molecular weight is 341 g/mol. The van der Waals surface area contributed by atoms with Crippen LogP contribution < -0.4 is 10.1 Å². The van der Waals surface area contributed by atoms with Crippen LogP contribution in [0.25, 0.3) is 0 Å². The summed E-state index contributed by atoms with van der Waals surface area (Å²) in [5.41, 5.74) is 2.27. The number of ether oxygens (including phenoxy) is 1. The molecule has 0 aliphatic rings. The standard InChI is InChI=1S/C17H16FN5O2/c1-12-7-15(25-10-13-3-2-4-14(18)8-13)5-6-16(12)20-17(24)9-23-11-19-21-22-23/h2-8,11H,9-10H2,1H3,(H,20,24). The molecule has 1 heterocycles. The summed E-state index contributed by atoms with van der Waals surface area (Å²) < 4.78 is 20.2. The second-order valence-electron chi connectivity index (χ2n) is 5.45. The number of anilines is 1. The number of nitrogens with zero attached hydrogens (tertiary/aromatic N) is 4. The highest BCUT2D eigenvalue weighted by atomic mass is 19.1. The minimum absolute atomic E-state index is 0.0320. The van der Waals surface area contributed by atoms with Gasteiger partial charge in [-0.3, -0.25) is 4.79 Å². The zero-order valence-corrected chi connectivity index (χ0v) is 13.5. The van der Waals surface area contributed by atoms with Gasteiger partial charge in [-0.15, -0.1) is 5.10 Å². The van der Waals surface area contributed by atoms with Crippen molar-refractivity contribution in [1.82, 2.24) is 20.2 Å². The van der Waals surface area contributed by atoms with Gasteiger partial charge < -0.3 is 10.1 Å². The Bertz CT molecular complexity index is 867. The zero-order valence-electron chi connectivity index (χ0n) is 13.5.